The molecule has 0 aliphatic carbocycles. The Morgan fingerprint density at radius 2 is 1.84 bits per heavy atom. The highest BCUT2D eigenvalue weighted by atomic mass is 79.9. The Morgan fingerprint density at radius 1 is 1.11 bits per heavy atom. The van der Waals surface area contributed by atoms with Gasteiger partial charge in [-0.1, -0.05) is 57.9 Å². The van der Waals surface area contributed by atoms with Gasteiger partial charge in [0.15, 0.2) is 0 Å². The van der Waals surface area contributed by atoms with Crippen LogP contribution in [-0.2, 0) is 6.42 Å². The molecule has 1 atom stereocenters. The largest absolute Gasteiger partial charge is 0.319 e. The first-order chi connectivity index (χ1) is 9.19. The maximum Gasteiger partial charge on any atom is 0.0175 e. The number of likely N-dealkylation sites (N-methyl/N-ethyl adjacent to an activating group) is 1. The Morgan fingerprint density at radius 3 is 2.47 bits per heavy atom. The number of aryl methyl sites for hydroxylation is 1. The van der Waals surface area contributed by atoms with Crippen LogP contribution in [0.1, 0.15) is 22.6 Å². The Hall–Kier alpha value is -1.12. The normalized spacial score (nSPS) is 12.4. The molecule has 1 unspecified atom stereocenters. The molecule has 2 aromatic carbocycles. The fourth-order valence-electron chi connectivity index (χ4n) is 2.38. The third kappa shape index (κ3) is 4.19. The first-order valence-electron chi connectivity index (χ1n) is 6.64. The number of nitrogens with one attached hydrogen (secondary N) is 1. The summed E-state index contributed by atoms with van der Waals surface area (Å²) in [6, 6.07) is 17.4. The molecule has 0 radical (unpaired) electrons. The Bertz CT molecular complexity index is 519. The van der Waals surface area contributed by atoms with Crippen LogP contribution in [0, 0.1) is 6.92 Å². The van der Waals surface area contributed by atoms with Crippen molar-refractivity contribution in [3.05, 3.63) is 69.7 Å². The Labute approximate surface area is 124 Å². The van der Waals surface area contributed by atoms with Crippen LogP contribution in [0.4, 0.5) is 0 Å². The van der Waals surface area contributed by atoms with Crippen LogP contribution in [0.5, 0.6) is 0 Å². The summed E-state index contributed by atoms with van der Waals surface area (Å²) in [5.74, 6) is 0.520. The van der Waals surface area contributed by atoms with Crippen molar-refractivity contribution >= 4 is 15.9 Å². The second-order valence-corrected chi connectivity index (χ2v) is 5.92. The van der Waals surface area contributed by atoms with Crippen molar-refractivity contribution in [2.24, 2.45) is 0 Å². The van der Waals surface area contributed by atoms with E-state index < -0.39 is 0 Å². The molecule has 1 N–H and O–H groups in total. The van der Waals surface area contributed by atoms with Crippen molar-refractivity contribution in [3.8, 4) is 0 Å². The lowest BCUT2D eigenvalue weighted by Gasteiger charge is -2.18. The quantitative estimate of drug-likeness (QED) is 0.866. The zero-order chi connectivity index (χ0) is 13.7. The van der Waals surface area contributed by atoms with Crippen LogP contribution in [0.2, 0.25) is 0 Å². The first kappa shape index (κ1) is 14.3. The SMILES string of the molecule is CNCC(Cc1ccc(Br)cc1)c1cccc(C)c1. The van der Waals surface area contributed by atoms with Crippen molar-refractivity contribution in [3.63, 3.8) is 0 Å². The van der Waals surface area contributed by atoms with Gasteiger partial charge in [-0.25, -0.2) is 0 Å². The predicted octanol–water partition coefficient (Wildman–Crippen LogP) is 4.30. The number of hydrogen-bond acceptors (Lipinski definition) is 1. The summed E-state index contributed by atoms with van der Waals surface area (Å²) < 4.78 is 1.14. The van der Waals surface area contributed by atoms with E-state index in [0.717, 1.165) is 17.4 Å². The average molecular weight is 318 g/mol. The molecule has 0 aliphatic rings. The van der Waals surface area contributed by atoms with Crippen LogP contribution in [-0.4, -0.2) is 13.6 Å². The molecular weight excluding hydrogens is 298 g/mol. The molecule has 2 heteroatoms. The topological polar surface area (TPSA) is 12.0 Å². The second kappa shape index (κ2) is 6.88. The van der Waals surface area contributed by atoms with Crippen LogP contribution >= 0.6 is 15.9 Å². The van der Waals surface area contributed by atoms with Crippen LogP contribution in [0.25, 0.3) is 0 Å². The fourth-order valence-corrected chi connectivity index (χ4v) is 2.65. The summed E-state index contributed by atoms with van der Waals surface area (Å²) in [7, 11) is 2.02. The zero-order valence-corrected chi connectivity index (χ0v) is 13.1. The number of benzene rings is 2. The van der Waals surface area contributed by atoms with E-state index in [9.17, 15) is 0 Å². The molecule has 19 heavy (non-hydrogen) atoms. The molecule has 1 nitrogen and oxygen atoms in total. The minimum Gasteiger partial charge on any atom is -0.319 e. The summed E-state index contributed by atoms with van der Waals surface area (Å²) in [6.45, 7) is 3.15. The van der Waals surface area contributed by atoms with Crippen molar-refractivity contribution in [2.45, 2.75) is 19.3 Å². The van der Waals surface area contributed by atoms with Crippen LogP contribution < -0.4 is 5.32 Å². The molecule has 0 bridgehead atoms. The lowest BCUT2D eigenvalue weighted by Crippen LogP contribution is -2.19. The molecule has 100 valence electrons. The molecule has 0 saturated carbocycles. The van der Waals surface area contributed by atoms with Crippen molar-refractivity contribution in [1.29, 1.82) is 0 Å². The van der Waals surface area contributed by atoms with Gasteiger partial charge in [0.1, 0.15) is 0 Å². The average Bonchev–Trinajstić information content (AvgIpc) is 2.41. The van der Waals surface area contributed by atoms with E-state index in [4.69, 9.17) is 0 Å². The molecule has 0 spiro atoms. The summed E-state index contributed by atoms with van der Waals surface area (Å²) in [4.78, 5) is 0. The van der Waals surface area contributed by atoms with E-state index in [-0.39, 0.29) is 0 Å². The van der Waals surface area contributed by atoms with Gasteiger partial charge >= 0.3 is 0 Å². The predicted molar refractivity (Wildman–Crippen MR) is 85.7 cm³/mol. The Kier molecular flexibility index (Phi) is 5.17. The minimum absolute atomic E-state index is 0.520. The third-order valence-corrected chi connectivity index (χ3v) is 3.89. The molecule has 0 aliphatic heterocycles. The van der Waals surface area contributed by atoms with Gasteiger partial charge in [0.05, 0.1) is 0 Å². The van der Waals surface area contributed by atoms with Gasteiger partial charge < -0.3 is 5.32 Å². The maximum atomic E-state index is 3.48. The van der Waals surface area contributed by atoms with Gasteiger partial charge in [0, 0.05) is 16.9 Å². The van der Waals surface area contributed by atoms with E-state index in [0.29, 0.717) is 5.92 Å². The lowest BCUT2D eigenvalue weighted by molar-refractivity contribution is 0.625. The summed E-state index contributed by atoms with van der Waals surface area (Å²) >= 11 is 3.48. The number of hydrogen-bond donors (Lipinski definition) is 1. The molecule has 2 aromatic rings. The molecule has 2 rings (SSSR count). The molecule has 0 heterocycles. The molecule has 0 saturated heterocycles. The van der Waals surface area contributed by atoms with Gasteiger partial charge in [0.25, 0.3) is 0 Å². The van der Waals surface area contributed by atoms with Gasteiger partial charge in [0.2, 0.25) is 0 Å². The maximum absolute atomic E-state index is 3.48. The van der Waals surface area contributed by atoms with Gasteiger partial charge in [-0.3, -0.25) is 0 Å². The van der Waals surface area contributed by atoms with Gasteiger partial charge in [-0.15, -0.1) is 0 Å². The van der Waals surface area contributed by atoms with Crippen LogP contribution in [0.3, 0.4) is 0 Å². The smallest absolute Gasteiger partial charge is 0.0175 e. The van der Waals surface area contributed by atoms with Crippen LogP contribution in [0.15, 0.2) is 53.0 Å². The van der Waals surface area contributed by atoms with Crippen molar-refractivity contribution in [2.75, 3.05) is 13.6 Å². The van der Waals surface area contributed by atoms with E-state index in [1.54, 1.807) is 0 Å². The van der Waals surface area contributed by atoms with Crippen molar-refractivity contribution < 1.29 is 0 Å². The highest BCUT2D eigenvalue weighted by Crippen LogP contribution is 2.22. The molecule has 0 aromatic heterocycles. The van der Waals surface area contributed by atoms with Gasteiger partial charge in [-0.2, -0.15) is 0 Å². The second-order valence-electron chi connectivity index (χ2n) is 5.00. The van der Waals surface area contributed by atoms with Crippen molar-refractivity contribution in [1.82, 2.24) is 5.32 Å². The third-order valence-electron chi connectivity index (χ3n) is 3.36. The molecule has 0 amide bonds. The fraction of sp³-hybridized carbons (Fsp3) is 0.294. The van der Waals surface area contributed by atoms with E-state index in [1.807, 2.05) is 7.05 Å². The lowest BCUT2D eigenvalue weighted by atomic mass is 9.91. The number of rotatable bonds is 5. The highest BCUT2D eigenvalue weighted by Gasteiger charge is 2.11. The molecular formula is C17H20BrN. The monoisotopic (exact) mass is 317 g/mol. The van der Waals surface area contributed by atoms with Gasteiger partial charge in [-0.05, 0) is 43.7 Å². The summed E-state index contributed by atoms with van der Waals surface area (Å²) in [5.41, 5.74) is 4.12. The van der Waals surface area contributed by atoms with E-state index in [2.05, 4.69) is 76.7 Å². The zero-order valence-electron chi connectivity index (χ0n) is 11.5. The van der Waals surface area contributed by atoms with E-state index >= 15 is 0 Å². The number of halogens is 1. The minimum atomic E-state index is 0.520. The first-order valence-corrected chi connectivity index (χ1v) is 7.44. The summed E-state index contributed by atoms with van der Waals surface area (Å²) in [6.07, 6.45) is 1.07. The van der Waals surface area contributed by atoms with E-state index in [1.165, 1.54) is 16.7 Å². The molecule has 0 fully saturated rings. The Balaban J connectivity index is 2.18. The standard InChI is InChI=1S/C17H20BrN/c1-13-4-3-5-15(10-13)16(12-19-2)11-14-6-8-17(18)9-7-14/h3-10,16,19H,11-12H2,1-2H3. The highest BCUT2D eigenvalue weighted by molar-refractivity contribution is 9.10. The summed E-state index contributed by atoms with van der Waals surface area (Å²) in [5, 5.41) is 3.31.